The van der Waals surface area contributed by atoms with E-state index in [0.717, 1.165) is 11.8 Å². The van der Waals surface area contributed by atoms with E-state index in [4.69, 9.17) is 0 Å². The maximum absolute atomic E-state index is 3.60. The molecule has 17 heavy (non-hydrogen) atoms. The smallest absolute Gasteiger partial charge is 0.00207 e. The van der Waals surface area contributed by atoms with Gasteiger partial charge in [0.2, 0.25) is 0 Å². The number of aryl methyl sites for hydroxylation is 2. The van der Waals surface area contributed by atoms with Crippen LogP contribution in [0.4, 0.5) is 0 Å². The van der Waals surface area contributed by atoms with Crippen molar-refractivity contribution in [2.75, 3.05) is 13.1 Å². The first-order valence-electron chi connectivity index (χ1n) is 7.28. The lowest BCUT2D eigenvalue weighted by molar-refractivity contribution is 0.453. The molecule has 0 saturated carbocycles. The van der Waals surface area contributed by atoms with Crippen LogP contribution in [-0.4, -0.2) is 13.1 Å². The van der Waals surface area contributed by atoms with Crippen LogP contribution < -0.4 is 5.32 Å². The third kappa shape index (κ3) is 1.55. The number of benzene rings is 1. The third-order valence-corrected chi connectivity index (χ3v) is 5.03. The molecule has 1 aromatic rings. The minimum atomic E-state index is 0.817. The highest BCUT2D eigenvalue weighted by atomic mass is 14.9. The summed E-state index contributed by atoms with van der Waals surface area (Å²) in [5.41, 5.74) is 6.74. The van der Waals surface area contributed by atoms with Crippen molar-refractivity contribution in [2.24, 2.45) is 0 Å². The van der Waals surface area contributed by atoms with Crippen LogP contribution in [0.1, 0.15) is 59.8 Å². The fourth-order valence-electron chi connectivity index (χ4n) is 4.12. The average molecular weight is 227 g/mol. The summed E-state index contributed by atoms with van der Waals surface area (Å²) in [6, 6.07) is 5.15. The molecule has 1 N–H and O–H groups in total. The molecule has 2 aliphatic carbocycles. The lowest BCUT2D eigenvalue weighted by Crippen LogP contribution is -2.28. The molecule has 0 aromatic heterocycles. The van der Waals surface area contributed by atoms with Gasteiger partial charge in [0.25, 0.3) is 0 Å². The van der Waals surface area contributed by atoms with Crippen molar-refractivity contribution < 1.29 is 0 Å². The van der Waals surface area contributed by atoms with Gasteiger partial charge in [-0.1, -0.05) is 18.6 Å². The molecule has 0 spiro atoms. The zero-order valence-electron chi connectivity index (χ0n) is 10.5. The summed E-state index contributed by atoms with van der Waals surface area (Å²) in [6.45, 7) is 2.42. The average Bonchev–Trinajstić information content (AvgIpc) is 2.57. The molecule has 1 aromatic carbocycles. The lowest BCUT2D eigenvalue weighted by atomic mass is 9.93. The molecule has 4 rings (SSSR count). The van der Waals surface area contributed by atoms with Gasteiger partial charge in [0.1, 0.15) is 0 Å². The van der Waals surface area contributed by atoms with E-state index < -0.39 is 0 Å². The van der Waals surface area contributed by atoms with Crippen molar-refractivity contribution in [3.8, 4) is 0 Å². The van der Waals surface area contributed by atoms with Gasteiger partial charge < -0.3 is 5.32 Å². The Hall–Kier alpha value is -0.820. The Morgan fingerprint density at radius 2 is 1.41 bits per heavy atom. The molecule has 1 fully saturated rings. The molecule has 0 radical (unpaired) electrons. The van der Waals surface area contributed by atoms with E-state index in [1.165, 1.54) is 51.6 Å². The number of rotatable bonds is 0. The Morgan fingerprint density at radius 3 is 2.00 bits per heavy atom. The predicted octanol–water partition coefficient (Wildman–Crippen LogP) is 3.13. The van der Waals surface area contributed by atoms with Crippen LogP contribution in [0.15, 0.2) is 12.1 Å². The largest absolute Gasteiger partial charge is 0.316 e. The van der Waals surface area contributed by atoms with E-state index in [1.807, 2.05) is 0 Å². The first-order valence-corrected chi connectivity index (χ1v) is 7.28. The van der Waals surface area contributed by atoms with Crippen LogP contribution in [0.2, 0.25) is 0 Å². The summed E-state index contributed by atoms with van der Waals surface area (Å²) < 4.78 is 0. The molecule has 2 atom stereocenters. The van der Waals surface area contributed by atoms with Gasteiger partial charge in [-0.3, -0.25) is 0 Å². The molecule has 1 heteroatoms. The zero-order chi connectivity index (χ0) is 11.2. The highest BCUT2D eigenvalue weighted by Crippen LogP contribution is 2.45. The number of hydrogen-bond donors (Lipinski definition) is 1. The van der Waals surface area contributed by atoms with Crippen LogP contribution in [0.5, 0.6) is 0 Å². The molecule has 2 bridgehead atoms. The second kappa shape index (κ2) is 3.84. The Labute approximate surface area is 104 Å². The van der Waals surface area contributed by atoms with Gasteiger partial charge in [-0.2, -0.15) is 0 Å². The van der Waals surface area contributed by atoms with Crippen molar-refractivity contribution in [3.63, 3.8) is 0 Å². The van der Waals surface area contributed by atoms with E-state index >= 15 is 0 Å². The zero-order valence-corrected chi connectivity index (χ0v) is 10.5. The van der Waals surface area contributed by atoms with Crippen molar-refractivity contribution in [3.05, 3.63) is 34.4 Å². The Bertz CT molecular complexity index is 410. The Morgan fingerprint density at radius 1 is 0.824 bits per heavy atom. The van der Waals surface area contributed by atoms with Gasteiger partial charge >= 0.3 is 0 Å². The van der Waals surface area contributed by atoms with Gasteiger partial charge in [0, 0.05) is 13.1 Å². The standard InChI is InChI=1S/C16H21N/c1-2-4-11-7-15-13-6-14(10-17-9-13)16(15)8-12(11)5-3-1/h7-8,13-14,17H,1-6,9-10H2. The summed E-state index contributed by atoms with van der Waals surface area (Å²) in [4.78, 5) is 0. The molecular formula is C16H21N. The van der Waals surface area contributed by atoms with E-state index in [0.29, 0.717) is 0 Å². The summed E-state index contributed by atoms with van der Waals surface area (Å²) in [6.07, 6.45) is 8.29. The van der Waals surface area contributed by atoms with Crippen LogP contribution >= 0.6 is 0 Å². The number of nitrogens with one attached hydrogen (secondary N) is 1. The van der Waals surface area contributed by atoms with Gasteiger partial charge in [0.05, 0.1) is 0 Å². The third-order valence-electron chi connectivity index (χ3n) is 5.03. The summed E-state index contributed by atoms with van der Waals surface area (Å²) >= 11 is 0. The van der Waals surface area contributed by atoms with Crippen molar-refractivity contribution in [1.82, 2.24) is 5.32 Å². The Balaban J connectivity index is 1.83. The molecule has 3 aliphatic rings. The van der Waals surface area contributed by atoms with E-state index in [2.05, 4.69) is 17.4 Å². The van der Waals surface area contributed by atoms with Crippen LogP contribution in [0, 0.1) is 0 Å². The molecule has 1 saturated heterocycles. The van der Waals surface area contributed by atoms with Crippen molar-refractivity contribution >= 4 is 0 Å². The van der Waals surface area contributed by atoms with Crippen LogP contribution in [0.25, 0.3) is 0 Å². The SMILES string of the molecule is c1c2c(cc3c1C1CNCC3C1)CCCCC2. The van der Waals surface area contributed by atoms with Crippen molar-refractivity contribution in [2.45, 2.75) is 50.4 Å². The number of piperidine rings is 1. The maximum atomic E-state index is 3.60. The molecule has 1 nitrogen and oxygen atoms in total. The second-order valence-electron chi connectivity index (χ2n) is 6.10. The topological polar surface area (TPSA) is 12.0 Å². The van der Waals surface area contributed by atoms with Crippen molar-refractivity contribution in [1.29, 1.82) is 0 Å². The van der Waals surface area contributed by atoms with E-state index in [9.17, 15) is 0 Å². The minimum Gasteiger partial charge on any atom is -0.316 e. The molecule has 90 valence electrons. The van der Waals surface area contributed by atoms with E-state index in [1.54, 1.807) is 22.3 Å². The fourth-order valence-corrected chi connectivity index (χ4v) is 4.12. The van der Waals surface area contributed by atoms with Gasteiger partial charge in [0.15, 0.2) is 0 Å². The summed E-state index contributed by atoms with van der Waals surface area (Å²) in [7, 11) is 0. The molecule has 1 heterocycles. The fraction of sp³-hybridized carbons (Fsp3) is 0.625. The van der Waals surface area contributed by atoms with Gasteiger partial charge in [-0.05, 0) is 66.2 Å². The highest BCUT2D eigenvalue weighted by Gasteiger charge is 2.34. The van der Waals surface area contributed by atoms with Crippen LogP contribution in [-0.2, 0) is 12.8 Å². The predicted molar refractivity (Wildman–Crippen MR) is 70.7 cm³/mol. The minimum absolute atomic E-state index is 0.817. The quantitative estimate of drug-likeness (QED) is 0.671. The Kier molecular flexibility index (Phi) is 2.29. The highest BCUT2D eigenvalue weighted by molar-refractivity contribution is 5.47. The van der Waals surface area contributed by atoms with E-state index in [-0.39, 0.29) is 0 Å². The molecule has 1 aliphatic heterocycles. The maximum Gasteiger partial charge on any atom is 0.00207 e. The molecule has 0 amide bonds. The second-order valence-corrected chi connectivity index (χ2v) is 6.10. The normalized spacial score (nSPS) is 30.6. The molecule has 2 unspecified atom stereocenters. The summed E-state index contributed by atoms with van der Waals surface area (Å²) in [5, 5.41) is 3.60. The van der Waals surface area contributed by atoms with Gasteiger partial charge in [-0.15, -0.1) is 0 Å². The lowest BCUT2D eigenvalue weighted by Gasteiger charge is -2.19. The summed E-state index contributed by atoms with van der Waals surface area (Å²) in [5.74, 6) is 1.63. The van der Waals surface area contributed by atoms with Gasteiger partial charge in [-0.25, -0.2) is 0 Å². The first-order chi connectivity index (χ1) is 8.42. The number of hydrogen-bond acceptors (Lipinski definition) is 1. The number of fused-ring (bicyclic) bond motifs is 6. The monoisotopic (exact) mass is 227 g/mol. The molecular weight excluding hydrogens is 206 g/mol. The van der Waals surface area contributed by atoms with Crippen LogP contribution in [0.3, 0.4) is 0 Å². The first kappa shape index (κ1) is 10.1.